The lowest BCUT2D eigenvalue weighted by Crippen LogP contribution is -2.17. The number of aryl methyl sites for hydroxylation is 2. The van der Waals surface area contributed by atoms with Crippen molar-refractivity contribution in [3.63, 3.8) is 0 Å². The third-order valence-electron chi connectivity index (χ3n) is 2.73. The SMILES string of the molecule is Cc1ccc(F)c(NC(=O)c2cc(Br)cn2C)c1F. The standard InChI is InChI=1S/C13H11BrF2N2O/c1-7-3-4-9(15)12(11(7)16)17-13(19)10-5-8(14)6-18(10)2/h3-6H,1-2H3,(H,17,19). The molecule has 2 aromatic rings. The average molecular weight is 329 g/mol. The molecule has 0 saturated carbocycles. The molecule has 0 aliphatic heterocycles. The van der Waals surface area contributed by atoms with E-state index in [1.165, 1.54) is 13.0 Å². The summed E-state index contributed by atoms with van der Waals surface area (Å²) in [6.07, 6.45) is 1.68. The third kappa shape index (κ3) is 2.68. The van der Waals surface area contributed by atoms with Crippen LogP contribution in [0.3, 0.4) is 0 Å². The summed E-state index contributed by atoms with van der Waals surface area (Å²) in [5.41, 5.74) is 0.138. The normalized spacial score (nSPS) is 10.6. The predicted octanol–water partition coefficient (Wildman–Crippen LogP) is 3.63. The number of carbonyl (C=O) groups is 1. The van der Waals surface area contributed by atoms with Gasteiger partial charge in [-0.25, -0.2) is 8.78 Å². The van der Waals surface area contributed by atoms with Crippen LogP contribution in [0, 0.1) is 18.6 Å². The Morgan fingerprint density at radius 2 is 2.05 bits per heavy atom. The zero-order valence-electron chi connectivity index (χ0n) is 10.3. The van der Waals surface area contributed by atoms with Crippen LogP contribution in [-0.4, -0.2) is 10.5 Å². The Bertz CT molecular complexity index is 652. The Labute approximate surface area is 117 Å². The van der Waals surface area contributed by atoms with E-state index in [4.69, 9.17) is 0 Å². The monoisotopic (exact) mass is 328 g/mol. The molecule has 0 spiro atoms. The van der Waals surface area contributed by atoms with Gasteiger partial charge in [0.2, 0.25) is 0 Å². The molecule has 6 heteroatoms. The van der Waals surface area contributed by atoms with E-state index < -0.39 is 23.2 Å². The number of halogens is 3. The van der Waals surface area contributed by atoms with Gasteiger partial charge in [0.05, 0.1) is 0 Å². The number of hydrogen-bond acceptors (Lipinski definition) is 1. The molecule has 0 bridgehead atoms. The van der Waals surface area contributed by atoms with Gasteiger partial charge in [-0.2, -0.15) is 0 Å². The van der Waals surface area contributed by atoms with Crippen LogP contribution in [0.25, 0.3) is 0 Å². The number of carbonyl (C=O) groups excluding carboxylic acids is 1. The molecule has 100 valence electrons. The minimum atomic E-state index is -0.801. The molecule has 1 aromatic heterocycles. The predicted molar refractivity (Wildman–Crippen MR) is 72.2 cm³/mol. The zero-order chi connectivity index (χ0) is 14.2. The van der Waals surface area contributed by atoms with E-state index >= 15 is 0 Å². The van der Waals surface area contributed by atoms with E-state index in [1.54, 1.807) is 23.9 Å². The number of nitrogens with one attached hydrogen (secondary N) is 1. The summed E-state index contributed by atoms with van der Waals surface area (Å²) in [6, 6.07) is 4.01. The van der Waals surface area contributed by atoms with Gasteiger partial charge in [0.1, 0.15) is 17.2 Å². The molecule has 0 unspecified atom stereocenters. The third-order valence-corrected chi connectivity index (χ3v) is 3.16. The molecule has 1 N–H and O–H groups in total. The minimum absolute atomic E-state index is 0.268. The van der Waals surface area contributed by atoms with Crippen LogP contribution in [0.15, 0.2) is 28.9 Å². The highest BCUT2D eigenvalue weighted by atomic mass is 79.9. The number of anilines is 1. The van der Waals surface area contributed by atoms with Crippen molar-refractivity contribution in [2.75, 3.05) is 5.32 Å². The van der Waals surface area contributed by atoms with Gasteiger partial charge in [-0.1, -0.05) is 6.07 Å². The highest BCUT2D eigenvalue weighted by Crippen LogP contribution is 2.23. The van der Waals surface area contributed by atoms with Gasteiger partial charge in [0, 0.05) is 17.7 Å². The van der Waals surface area contributed by atoms with Crippen LogP contribution in [-0.2, 0) is 7.05 Å². The zero-order valence-corrected chi connectivity index (χ0v) is 11.9. The Hall–Kier alpha value is -1.69. The van der Waals surface area contributed by atoms with Crippen molar-refractivity contribution in [3.8, 4) is 0 Å². The molecule has 0 aliphatic rings. The Morgan fingerprint density at radius 3 is 2.63 bits per heavy atom. The fourth-order valence-corrected chi connectivity index (χ4v) is 2.22. The van der Waals surface area contributed by atoms with E-state index in [0.717, 1.165) is 6.07 Å². The first-order valence-electron chi connectivity index (χ1n) is 5.48. The molecule has 0 fully saturated rings. The second-order valence-electron chi connectivity index (χ2n) is 4.16. The summed E-state index contributed by atoms with van der Waals surface area (Å²) in [5.74, 6) is -2.14. The van der Waals surface area contributed by atoms with Crippen molar-refractivity contribution in [1.82, 2.24) is 4.57 Å². The van der Waals surface area contributed by atoms with Crippen LogP contribution in [0.1, 0.15) is 16.1 Å². The Kier molecular flexibility index (Phi) is 3.71. The number of rotatable bonds is 2. The van der Waals surface area contributed by atoms with Gasteiger partial charge >= 0.3 is 0 Å². The maximum absolute atomic E-state index is 13.8. The van der Waals surface area contributed by atoms with E-state index in [-0.39, 0.29) is 5.56 Å². The molecular weight excluding hydrogens is 318 g/mol. The number of hydrogen-bond donors (Lipinski definition) is 1. The summed E-state index contributed by atoms with van der Waals surface area (Å²) >= 11 is 3.23. The van der Waals surface area contributed by atoms with Crippen LogP contribution in [0.4, 0.5) is 14.5 Å². The molecule has 19 heavy (non-hydrogen) atoms. The van der Waals surface area contributed by atoms with Gasteiger partial charge in [-0.15, -0.1) is 0 Å². The lowest BCUT2D eigenvalue weighted by Gasteiger charge is -2.09. The van der Waals surface area contributed by atoms with Gasteiger partial charge in [0.15, 0.2) is 5.82 Å². The fraction of sp³-hybridized carbons (Fsp3) is 0.154. The first kappa shape index (κ1) is 13.7. The maximum atomic E-state index is 13.8. The van der Waals surface area contributed by atoms with Crippen molar-refractivity contribution in [1.29, 1.82) is 0 Å². The van der Waals surface area contributed by atoms with Crippen molar-refractivity contribution in [2.45, 2.75) is 6.92 Å². The maximum Gasteiger partial charge on any atom is 0.272 e. The second kappa shape index (κ2) is 5.13. The first-order chi connectivity index (χ1) is 8.90. The Balaban J connectivity index is 2.34. The Morgan fingerprint density at radius 1 is 1.37 bits per heavy atom. The van der Waals surface area contributed by atoms with Crippen molar-refractivity contribution < 1.29 is 13.6 Å². The summed E-state index contributed by atoms with van der Waals surface area (Å²) < 4.78 is 29.6. The smallest absolute Gasteiger partial charge is 0.272 e. The van der Waals surface area contributed by atoms with Gasteiger partial charge in [-0.3, -0.25) is 4.79 Å². The number of nitrogens with zero attached hydrogens (tertiary/aromatic N) is 1. The number of amides is 1. The molecule has 0 saturated heterocycles. The van der Waals surface area contributed by atoms with Crippen LogP contribution >= 0.6 is 15.9 Å². The van der Waals surface area contributed by atoms with Crippen molar-refractivity contribution in [3.05, 3.63) is 51.8 Å². The van der Waals surface area contributed by atoms with Crippen LogP contribution < -0.4 is 5.32 Å². The summed E-state index contributed by atoms with van der Waals surface area (Å²) in [5, 5.41) is 2.26. The first-order valence-corrected chi connectivity index (χ1v) is 6.27. The molecule has 2 rings (SSSR count). The van der Waals surface area contributed by atoms with Crippen molar-refractivity contribution in [2.24, 2.45) is 7.05 Å². The van der Waals surface area contributed by atoms with E-state index in [2.05, 4.69) is 21.2 Å². The highest BCUT2D eigenvalue weighted by molar-refractivity contribution is 9.10. The summed E-state index contributed by atoms with van der Waals surface area (Å²) in [4.78, 5) is 12.0. The largest absolute Gasteiger partial charge is 0.345 e. The van der Waals surface area contributed by atoms with Crippen molar-refractivity contribution >= 4 is 27.5 Å². The number of benzene rings is 1. The van der Waals surface area contributed by atoms with Gasteiger partial charge in [-0.05, 0) is 40.5 Å². The molecule has 0 aliphatic carbocycles. The van der Waals surface area contributed by atoms with E-state index in [9.17, 15) is 13.6 Å². The topological polar surface area (TPSA) is 34.0 Å². The highest BCUT2D eigenvalue weighted by Gasteiger charge is 2.17. The lowest BCUT2D eigenvalue weighted by atomic mass is 10.2. The molecular formula is C13H11BrF2N2O. The second-order valence-corrected chi connectivity index (χ2v) is 5.08. The van der Waals surface area contributed by atoms with E-state index in [0.29, 0.717) is 10.2 Å². The quantitative estimate of drug-likeness (QED) is 0.897. The van der Waals surface area contributed by atoms with E-state index in [1.807, 2.05) is 0 Å². The molecule has 1 heterocycles. The average Bonchev–Trinajstić information content (AvgIpc) is 2.69. The van der Waals surface area contributed by atoms with Crippen LogP contribution in [0.5, 0.6) is 0 Å². The summed E-state index contributed by atoms with van der Waals surface area (Å²) in [7, 11) is 1.67. The number of aromatic nitrogens is 1. The van der Waals surface area contributed by atoms with Gasteiger partial charge in [0.25, 0.3) is 5.91 Å². The fourth-order valence-electron chi connectivity index (χ4n) is 1.70. The summed E-state index contributed by atoms with van der Waals surface area (Å²) in [6.45, 7) is 1.50. The molecule has 0 atom stereocenters. The molecule has 0 radical (unpaired) electrons. The molecule has 1 aromatic carbocycles. The molecule has 1 amide bonds. The lowest BCUT2D eigenvalue weighted by molar-refractivity contribution is 0.101. The minimum Gasteiger partial charge on any atom is -0.345 e. The van der Waals surface area contributed by atoms with Crippen LogP contribution in [0.2, 0.25) is 0 Å². The molecule has 3 nitrogen and oxygen atoms in total. The van der Waals surface area contributed by atoms with Gasteiger partial charge < -0.3 is 9.88 Å².